The number of benzene rings is 1. The highest BCUT2D eigenvalue weighted by atomic mass is 16.3. The summed E-state index contributed by atoms with van der Waals surface area (Å²) in [7, 11) is 0. The lowest BCUT2D eigenvalue weighted by Gasteiger charge is -2.36. The second kappa shape index (κ2) is 6.53. The molecule has 0 aliphatic heterocycles. The quantitative estimate of drug-likeness (QED) is 0.855. The van der Waals surface area contributed by atoms with Crippen molar-refractivity contribution in [3.8, 4) is 0 Å². The Kier molecular flexibility index (Phi) is 5.00. The highest BCUT2D eigenvalue weighted by Crippen LogP contribution is 2.36. The Labute approximate surface area is 117 Å². The van der Waals surface area contributed by atoms with Gasteiger partial charge in [-0.25, -0.2) is 0 Å². The highest BCUT2D eigenvalue weighted by Gasteiger charge is 2.33. The van der Waals surface area contributed by atoms with Gasteiger partial charge in [-0.15, -0.1) is 0 Å². The topological polar surface area (TPSA) is 46.2 Å². The summed E-state index contributed by atoms with van der Waals surface area (Å²) >= 11 is 0. The summed E-state index contributed by atoms with van der Waals surface area (Å²) in [4.78, 5) is 0. The van der Waals surface area contributed by atoms with Crippen LogP contribution in [0.3, 0.4) is 0 Å². The standard InChI is InChI=1S/C17H27NO/c1-14-7-9-16(10-8-14)17(12-18,13-19)11-15-5-3-2-4-6-15/h7-10,15,19H,2-6,11-13,18H2,1H3. The van der Waals surface area contributed by atoms with Crippen molar-refractivity contribution in [1.29, 1.82) is 0 Å². The molecule has 1 aromatic carbocycles. The molecule has 0 heterocycles. The zero-order valence-corrected chi connectivity index (χ0v) is 12.1. The number of aliphatic hydroxyl groups is 1. The van der Waals surface area contributed by atoms with Gasteiger partial charge in [-0.2, -0.15) is 0 Å². The van der Waals surface area contributed by atoms with E-state index in [0.29, 0.717) is 6.54 Å². The van der Waals surface area contributed by atoms with E-state index in [2.05, 4.69) is 31.2 Å². The minimum absolute atomic E-state index is 0.156. The van der Waals surface area contributed by atoms with Crippen molar-refractivity contribution in [2.24, 2.45) is 11.7 Å². The van der Waals surface area contributed by atoms with E-state index in [0.717, 1.165) is 12.3 Å². The van der Waals surface area contributed by atoms with Crippen molar-refractivity contribution < 1.29 is 5.11 Å². The van der Waals surface area contributed by atoms with Crippen LogP contribution in [0.1, 0.15) is 49.7 Å². The van der Waals surface area contributed by atoms with Crippen molar-refractivity contribution >= 4 is 0 Å². The molecule has 1 atom stereocenters. The highest BCUT2D eigenvalue weighted by molar-refractivity contribution is 5.29. The number of aryl methyl sites for hydroxylation is 1. The summed E-state index contributed by atoms with van der Waals surface area (Å²) in [6, 6.07) is 8.52. The Bertz CT molecular complexity index is 375. The first-order chi connectivity index (χ1) is 9.20. The van der Waals surface area contributed by atoms with Crippen molar-refractivity contribution in [2.45, 2.75) is 50.9 Å². The van der Waals surface area contributed by atoms with Gasteiger partial charge in [0, 0.05) is 12.0 Å². The van der Waals surface area contributed by atoms with Crippen LogP contribution in [0.2, 0.25) is 0 Å². The van der Waals surface area contributed by atoms with Crippen LogP contribution in [0, 0.1) is 12.8 Å². The molecule has 0 bridgehead atoms. The van der Waals surface area contributed by atoms with Gasteiger partial charge in [0.15, 0.2) is 0 Å². The molecule has 2 nitrogen and oxygen atoms in total. The molecule has 0 aromatic heterocycles. The fourth-order valence-electron chi connectivity index (χ4n) is 3.39. The second-order valence-electron chi connectivity index (χ2n) is 6.22. The molecule has 19 heavy (non-hydrogen) atoms. The maximum Gasteiger partial charge on any atom is 0.0540 e. The minimum Gasteiger partial charge on any atom is -0.395 e. The Hall–Kier alpha value is -0.860. The van der Waals surface area contributed by atoms with Gasteiger partial charge >= 0.3 is 0 Å². The first-order valence-electron chi connectivity index (χ1n) is 7.58. The van der Waals surface area contributed by atoms with E-state index in [1.807, 2.05) is 0 Å². The molecule has 106 valence electrons. The first-order valence-corrected chi connectivity index (χ1v) is 7.58. The van der Waals surface area contributed by atoms with E-state index in [1.165, 1.54) is 43.2 Å². The molecule has 2 heteroatoms. The summed E-state index contributed by atoms with van der Waals surface area (Å²) in [6.45, 7) is 2.78. The number of nitrogens with two attached hydrogens (primary N) is 1. The van der Waals surface area contributed by atoms with Crippen molar-refractivity contribution in [1.82, 2.24) is 0 Å². The van der Waals surface area contributed by atoms with Gasteiger partial charge in [-0.05, 0) is 24.8 Å². The molecule has 2 rings (SSSR count). The van der Waals surface area contributed by atoms with Crippen molar-refractivity contribution in [2.75, 3.05) is 13.2 Å². The number of rotatable bonds is 5. The maximum atomic E-state index is 9.95. The van der Waals surface area contributed by atoms with Crippen LogP contribution in [-0.4, -0.2) is 18.3 Å². The van der Waals surface area contributed by atoms with Gasteiger partial charge in [0.2, 0.25) is 0 Å². The van der Waals surface area contributed by atoms with E-state index in [-0.39, 0.29) is 12.0 Å². The number of aliphatic hydroxyl groups excluding tert-OH is 1. The molecule has 0 saturated heterocycles. The SMILES string of the molecule is Cc1ccc(C(CN)(CO)CC2CCCCC2)cc1. The molecule has 1 unspecified atom stereocenters. The monoisotopic (exact) mass is 261 g/mol. The molecule has 0 radical (unpaired) electrons. The summed E-state index contributed by atoms with van der Waals surface area (Å²) in [6.07, 6.45) is 7.68. The molecule has 0 amide bonds. The maximum absolute atomic E-state index is 9.95. The predicted molar refractivity (Wildman–Crippen MR) is 80.2 cm³/mol. The molecular formula is C17H27NO. The predicted octanol–water partition coefficient (Wildman–Crippen LogP) is 3.15. The molecule has 1 saturated carbocycles. The van der Waals surface area contributed by atoms with Crippen LogP contribution in [0.15, 0.2) is 24.3 Å². The molecule has 3 N–H and O–H groups in total. The van der Waals surface area contributed by atoms with Crippen LogP contribution in [0.25, 0.3) is 0 Å². The minimum atomic E-state index is -0.240. The Morgan fingerprint density at radius 1 is 1.16 bits per heavy atom. The van der Waals surface area contributed by atoms with Crippen molar-refractivity contribution in [3.05, 3.63) is 35.4 Å². The Morgan fingerprint density at radius 3 is 2.32 bits per heavy atom. The van der Waals surface area contributed by atoms with E-state index < -0.39 is 0 Å². The zero-order valence-electron chi connectivity index (χ0n) is 12.1. The first kappa shape index (κ1) is 14.5. The lowest BCUT2D eigenvalue weighted by atomic mass is 9.71. The molecule has 1 fully saturated rings. The van der Waals surface area contributed by atoms with E-state index in [1.54, 1.807) is 0 Å². The number of hydrogen-bond donors (Lipinski definition) is 2. The molecule has 1 aromatic rings. The van der Waals surface area contributed by atoms with Crippen LogP contribution in [0.4, 0.5) is 0 Å². The third kappa shape index (κ3) is 3.37. The summed E-state index contributed by atoms with van der Waals surface area (Å²) < 4.78 is 0. The van der Waals surface area contributed by atoms with Crippen molar-refractivity contribution in [3.63, 3.8) is 0 Å². The lowest BCUT2D eigenvalue weighted by molar-refractivity contribution is 0.156. The van der Waals surface area contributed by atoms with Crippen LogP contribution in [-0.2, 0) is 5.41 Å². The van der Waals surface area contributed by atoms with Gasteiger partial charge in [-0.3, -0.25) is 0 Å². The van der Waals surface area contributed by atoms with Gasteiger partial charge in [-0.1, -0.05) is 61.9 Å². The van der Waals surface area contributed by atoms with Gasteiger partial charge in [0.05, 0.1) is 6.61 Å². The van der Waals surface area contributed by atoms with E-state index in [9.17, 15) is 5.11 Å². The van der Waals surface area contributed by atoms with Crippen LogP contribution < -0.4 is 5.73 Å². The zero-order chi connectivity index (χ0) is 13.7. The third-order valence-corrected chi connectivity index (χ3v) is 4.76. The second-order valence-corrected chi connectivity index (χ2v) is 6.22. The Morgan fingerprint density at radius 2 is 1.79 bits per heavy atom. The molecule has 0 spiro atoms. The average Bonchev–Trinajstić information content (AvgIpc) is 2.47. The molecular weight excluding hydrogens is 234 g/mol. The molecule has 1 aliphatic carbocycles. The average molecular weight is 261 g/mol. The number of hydrogen-bond acceptors (Lipinski definition) is 2. The van der Waals surface area contributed by atoms with Crippen LogP contribution in [0.5, 0.6) is 0 Å². The summed E-state index contributed by atoms with van der Waals surface area (Å²) in [5.41, 5.74) is 8.26. The van der Waals surface area contributed by atoms with E-state index >= 15 is 0 Å². The lowest BCUT2D eigenvalue weighted by Crippen LogP contribution is -2.41. The normalized spacial score (nSPS) is 20.2. The van der Waals surface area contributed by atoms with E-state index in [4.69, 9.17) is 5.73 Å². The Balaban J connectivity index is 2.18. The third-order valence-electron chi connectivity index (χ3n) is 4.76. The van der Waals surface area contributed by atoms with Gasteiger partial charge < -0.3 is 10.8 Å². The fraction of sp³-hybridized carbons (Fsp3) is 0.647. The summed E-state index contributed by atoms with van der Waals surface area (Å²) in [5, 5.41) is 9.95. The molecule has 1 aliphatic rings. The van der Waals surface area contributed by atoms with Crippen LogP contribution >= 0.6 is 0 Å². The van der Waals surface area contributed by atoms with Gasteiger partial charge in [0.25, 0.3) is 0 Å². The largest absolute Gasteiger partial charge is 0.395 e. The summed E-state index contributed by atoms with van der Waals surface area (Å²) in [5.74, 6) is 0.728. The van der Waals surface area contributed by atoms with Gasteiger partial charge in [0.1, 0.15) is 0 Å². The smallest absolute Gasteiger partial charge is 0.0540 e. The fourth-order valence-corrected chi connectivity index (χ4v) is 3.39.